The molecular formula is C16H18N2O4S. The minimum atomic E-state index is -1.14. The lowest BCUT2D eigenvalue weighted by Gasteiger charge is -2.15. The summed E-state index contributed by atoms with van der Waals surface area (Å²) in [6.45, 7) is 4.17. The lowest BCUT2D eigenvalue weighted by Crippen LogP contribution is -2.44. The van der Waals surface area contributed by atoms with Crippen molar-refractivity contribution in [3.63, 3.8) is 0 Å². The minimum Gasteiger partial charge on any atom is -0.480 e. The molecule has 23 heavy (non-hydrogen) atoms. The molecule has 2 N–H and O–H groups in total. The molecule has 0 aliphatic heterocycles. The molecule has 0 aliphatic carbocycles. The van der Waals surface area contributed by atoms with Gasteiger partial charge in [0.25, 0.3) is 5.91 Å². The van der Waals surface area contributed by atoms with E-state index in [0.29, 0.717) is 12.2 Å². The SMILES string of the molecule is C=CCOCC(NC(=O)c1cccn1Cc1cccs1)C(=O)O. The molecule has 1 unspecified atom stereocenters. The average molecular weight is 334 g/mol. The summed E-state index contributed by atoms with van der Waals surface area (Å²) in [6.07, 6.45) is 3.31. The van der Waals surface area contributed by atoms with Crippen LogP contribution in [0.1, 0.15) is 15.4 Å². The minimum absolute atomic E-state index is 0.112. The molecule has 0 fully saturated rings. The van der Waals surface area contributed by atoms with Gasteiger partial charge in [0.2, 0.25) is 0 Å². The number of rotatable bonds is 9. The molecule has 0 bridgehead atoms. The molecule has 2 rings (SSSR count). The Bertz CT molecular complexity index is 663. The lowest BCUT2D eigenvalue weighted by atomic mass is 10.3. The van der Waals surface area contributed by atoms with Crippen LogP contribution < -0.4 is 5.32 Å². The van der Waals surface area contributed by atoms with Crippen LogP contribution in [0.5, 0.6) is 0 Å². The van der Waals surface area contributed by atoms with Gasteiger partial charge in [0, 0.05) is 11.1 Å². The van der Waals surface area contributed by atoms with Crippen LogP contribution in [0, 0.1) is 0 Å². The van der Waals surface area contributed by atoms with E-state index in [1.165, 1.54) is 6.08 Å². The molecule has 0 aliphatic rings. The van der Waals surface area contributed by atoms with Crippen molar-refractivity contribution in [2.24, 2.45) is 0 Å². The topological polar surface area (TPSA) is 80.6 Å². The van der Waals surface area contributed by atoms with Gasteiger partial charge >= 0.3 is 5.97 Å². The van der Waals surface area contributed by atoms with Gasteiger partial charge in [-0.1, -0.05) is 12.1 Å². The predicted octanol–water partition coefficient (Wildman–Crippen LogP) is 1.98. The Balaban J connectivity index is 2.03. The molecule has 2 aromatic rings. The third-order valence-electron chi connectivity index (χ3n) is 3.09. The zero-order chi connectivity index (χ0) is 16.7. The van der Waals surface area contributed by atoms with E-state index in [9.17, 15) is 14.7 Å². The fourth-order valence-electron chi connectivity index (χ4n) is 2.00. The number of carboxylic acids is 1. The summed E-state index contributed by atoms with van der Waals surface area (Å²) >= 11 is 1.60. The third-order valence-corrected chi connectivity index (χ3v) is 3.95. The Morgan fingerprint density at radius 1 is 1.43 bits per heavy atom. The summed E-state index contributed by atoms with van der Waals surface area (Å²) in [5, 5.41) is 13.6. The highest BCUT2D eigenvalue weighted by atomic mass is 32.1. The van der Waals surface area contributed by atoms with Gasteiger partial charge < -0.3 is 19.7 Å². The van der Waals surface area contributed by atoms with Crippen molar-refractivity contribution in [1.82, 2.24) is 9.88 Å². The van der Waals surface area contributed by atoms with Crippen LogP contribution in [0.15, 0.2) is 48.5 Å². The van der Waals surface area contributed by atoms with Gasteiger partial charge in [-0.05, 0) is 23.6 Å². The number of hydrogen-bond donors (Lipinski definition) is 2. The quantitative estimate of drug-likeness (QED) is 0.543. The van der Waals surface area contributed by atoms with Gasteiger partial charge in [-0.15, -0.1) is 17.9 Å². The number of nitrogens with one attached hydrogen (secondary N) is 1. The number of aromatic nitrogens is 1. The number of nitrogens with zero attached hydrogens (tertiary/aromatic N) is 1. The fraction of sp³-hybridized carbons (Fsp3) is 0.250. The second kappa shape index (κ2) is 8.30. The van der Waals surface area contributed by atoms with Crippen LogP contribution in [0.25, 0.3) is 0 Å². The zero-order valence-corrected chi connectivity index (χ0v) is 13.3. The molecule has 0 radical (unpaired) electrons. The third kappa shape index (κ3) is 4.80. The maximum absolute atomic E-state index is 12.3. The van der Waals surface area contributed by atoms with E-state index in [0.717, 1.165) is 4.88 Å². The van der Waals surface area contributed by atoms with E-state index in [4.69, 9.17) is 4.74 Å². The summed E-state index contributed by atoms with van der Waals surface area (Å²) in [4.78, 5) is 24.7. The molecule has 122 valence electrons. The van der Waals surface area contributed by atoms with Crippen LogP contribution in [-0.2, 0) is 16.1 Å². The molecule has 2 heterocycles. The maximum Gasteiger partial charge on any atom is 0.328 e. The van der Waals surface area contributed by atoms with Crippen LogP contribution >= 0.6 is 11.3 Å². The number of amides is 1. The number of aliphatic carboxylic acids is 1. The number of carbonyl (C=O) groups is 2. The van der Waals surface area contributed by atoms with Crippen molar-refractivity contribution < 1.29 is 19.4 Å². The lowest BCUT2D eigenvalue weighted by molar-refractivity contribution is -0.140. The molecule has 0 aromatic carbocycles. The van der Waals surface area contributed by atoms with E-state index in [1.54, 1.807) is 34.2 Å². The summed E-state index contributed by atoms with van der Waals surface area (Å²) in [6, 6.07) is 6.24. The highest BCUT2D eigenvalue weighted by Gasteiger charge is 2.22. The van der Waals surface area contributed by atoms with Gasteiger partial charge in [-0.3, -0.25) is 4.79 Å². The number of ether oxygens (including phenoxy) is 1. The van der Waals surface area contributed by atoms with Crippen LogP contribution in [0.2, 0.25) is 0 Å². The largest absolute Gasteiger partial charge is 0.480 e. The predicted molar refractivity (Wildman–Crippen MR) is 87.8 cm³/mol. The molecule has 0 saturated carbocycles. The van der Waals surface area contributed by atoms with E-state index in [-0.39, 0.29) is 13.2 Å². The van der Waals surface area contributed by atoms with Gasteiger partial charge in [0.1, 0.15) is 5.69 Å². The second-order valence-corrected chi connectivity index (χ2v) is 5.82. The molecule has 6 nitrogen and oxygen atoms in total. The highest BCUT2D eigenvalue weighted by molar-refractivity contribution is 7.09. The first-order chi connectivity index (χ1) is 11.1. The fourth-order valence-corrected chi connectivity index (χ4v) is 2.71. The first kappa shape index (κ1) is 17.0. The van der Waals surface area contributed by atoms with E-state index >= 15 is 0 Å². The van der Waals surface area contributed by atoms with Crippen molar-refractivity contribution >= 4 is 23.2 Å². The monoisotopic (exact) mass is 334 g/mol. The standard InChI is InChI=1S/C16H18N2O4S/c1-2-8-22-11-13(16(20)21)17-15(19)14-6-3-7-18(14)10-12-5-4-9-23-12/h2-7,9,13H,1,8,10-11H2,(H,17,19)(H,20,21). The molecule has 0 spiro atoms. The second-order valence-electron chi connectivity index (χ2n) is 4.79. The Morgan fingerprint density at radius 2 is 2.26 bits per heavy atom. The smallest absolute Gasteiger partial charge is 0.328 e. The summed E-state index contributed by atoms with van der Waals surface area (Å²) in [5.74, 6) is -1.58. The van der Waals surface area contributed by atoms with E-state index < -0.39 is 17.9 Å². The maximum atomic E-state index is 12.3. The normalized spacial score (nSPS) is 11.8. The van der Waals surface area contributed by atoms with Crippen molar-refractivity contribution in [3.05, 3.63) is 59.1 Å². The van der Waals surface area contributed by atoms with E-state index in [2.05, 4.69) is 11.9 Å². The average Bonchev–Trinajstić information content (AvgIpc) is 3.18. The molecular weight excluding hydrogens is 316 g/mol. The zero-order valence-electron chi connectivity index (χ0n) is 12.5. The van der Waals surface area contributed by atoms with Crippen molar-refractivity contribution in [2.45, 2.75) is 12.6 Å². The number of hydrogen-bond acceptors (Lipinski definition) is 4. The highest BCUT2D eigenvalue weighted by Crippen LogP contribution is 2.13. The number of carboxylic acid groups (broad SMARTS) is 1. The molecule has 7 heteroatoms. The van der Waals surface area contributed by atoms with Gasteiger partial charge in [0.05, 0.1) is 19.8 Å². The van der Waals surface area contributed by atoms with Gasteiger partial charge in [-0.2, -0.15) is 0 Å². The van der Waals surface area contributed by atoms with Gasteiger partial charge in [-0.25, -0.2) is 4.79 Å². The summed E-state index contributed by atoms with van der Waals surface area (Å²) < 4.78 is 6.90. The Kier molecular flexibility index (Phi) is 6.13. The first-order valence-corrected chi connectivity index (χ1v) is 7.89. The van der Waals surface area contributed by atoms with E-state index in [1.807, 2.05) is 17.5 Å². The van der Waals surface area contributed by atoms with Gasteiger partial charge in [0.15, 0.2) is 6.04 Å². The summed E-state index contributed by atoms with van der Waals surface area (Å²) in [7, 11) is 0. The number of carbonyl (C=O) groups excluding carboxylic acids is 1. The molecule has 1 atom stereocenters. The van der Waals surface area contributed by atoms with Crippen molar-refractivity contribution in [2.75, 3.05) is 13.2 Å². The van der Waals surface area contributed by atoms with Crippen LogP contribution in [0.3, 0.4) is 0 Å². The van der Waals surface area contributed by atoms with Crippen molar-refractivity contribution in [1.29, 1.82) is 0 Å². The molecule has 1 amide bonds. The van der Waals surface area contributed by atoms with Crippen LogP contribution in [-0.4, -0.2) is 40.8 Å². The molecule has 2 aromatic heterocycles. The Labute approximate surface area is 138 Å². The Morgan fingerprint density at radius 3 is 2.91 bits per heavy atom. The first-order valence-electron chi connectivity index (χ1n) is 7.01. The summed E-state index contributed by atoms with van der Waals surface area (Å²) in [5.41, 5.74) is 0.411. The molecule has 0 saturated heterocycles. The Hall–Kier alpha value is -2.38. The van der Waals surface area contributed by atoms with Crippen LogP contribution in [0.4, 0.5) is 0 Å². The number of thiophene rings is 1. The van der Waals surface area contributed by atoms with Crippen molar-refractivity contribution in [3.8, 4) is 0 Å².